The molecule has 38 heavy (non-hydrogen) atoms. The fourth-order valence-corrected chi connectivity index (χ4v) is 5.54. The normalized spacial score (nSPS) is 21.9. The molecule has 0 spiro atoms. The largest absolute Gasteiger partial charge is 0.369 e. The molecular weight excluding hydrogens is 518 g/mol. The number of likely N-dealkylation sites (tertiary alicyclic amines) is 1. The summed E-state index contributed by atoms with van der Waals surface area (Å²) >= 11 is 5.79. The molecule has 13 heteroatoms. The lowest BCUT2D eigenvalue weighted by Gasteiger charge is -2.32. The van der Waals surface area contributed by atoms with Gasteiger partial charge in [0.1, 0.15) is 11.2 Å². The number of anilines is 3. The Hall–Kier alpha value is -3.54. The predicted molar refractivity (Wildman–Crippen MR) is 139 cm³/mol. The van der Waals surface area contributed by atoms with Gasteiger partial charge in [-0.25, -0.2) is 18.7 Å². The summed E-state index contributed by atoms with van der Waals surface area (Å²) in [5.74, 6) is -1.66. The van der Waals surface area contributed by atoms with Crippen molar-refractivity contribution in [1.29, 1.82) is 0 Å². The number of amides is 2. The van der Waals surface area contributed by atoms with Crippen molar-refractivity contribution in [1.82, 2.24) is 24.4 Å². The lowest BCUT2D eigenvalue weighted by Crippen LogP contribution is -2.44. The summed E-state index contributed by atoms with van der Waals surface area (Å²) in [5.41, 5.74) is 6.07. The van der Waals surface area contributed by atoms with Crippen LogP contribution in [-0.2, 0) is 9.59 Å². The van der Waals surface area contributed by atoms with Crippen LogP contribution in [0.5, 0.6) is 0 Å². The summed E-state index contributed by atoms with van der Waals surface area (Å²) in [6.07, 6.45) is 5.69. The molecule has 5 rings (SSSR count). The third-order valence-corrected chi connectivity index (χ3v) is 7.56. The molecule has 1 saturated carbocycles. The number of imidazole rings is 1. The minimum Gasteiger partial charge on any atom is -0.369 e. The van der Waals surface area contributed by atoms with E-state index in [0.717, 1.165) is 31.5 Å². The highest BCUT2D eigenvalue weighted by Crippen LogP contribution is 2.37. The molecule has 2 fully saturated rings. The monoisotopic (exact) mass is 546 g/mol. The molecule has 202 valence electrons. The Morgan fingerprint density at radius 1 is 1.11 bits per heavy atom. The predicted octanol–water partition coefficient (Wildman–Crippen LogP) is 4.14. The highest BCUT2D eigenvalue weighted by molar-refractivity contribution is 6.30. The molecule has 1 aliphatic heterocycles. The maximum atomic E-state index is 14.6. The molecule has 2 aliphatic rings. The van der Waals surface area contributed by atoms with Gasteiger partial charge in [0.2, 0.25) is 23.7 Å². The van der Waals surface area contributed by atoms with Crippen molar-refractivity contribution in [2.24, 2.45) is 11.7 Å². The van der Waals surface area contributed by atoms with Gasteiger partial charge in [0.05, 0.1) is 6.20 Å². The Bertz CT molecular complexity index is 1350. The van der Waals surface area contributed by atoms with Crippen LogP contribution in [-0.4, -0.2) is 55.4 Å². The molecule has 2 aromatic heterocycles. The van der Waals surface area contributed by atoms with Gasteiger partial charge in [-0.05, 0) is 50.7 Å². The maximum Gasteiger partial charge on any atom is 0.225 e. The van der Waals surface area contributed by atoms with Gasteiger partial charge in [-0.1, -0.05) is 11.6 Å². The van der Waals surface area contributed by atoms with Crippen LogP contribution in [0.1, 0.15) is 51.5 Å². The number of primary amides is 1. The Labute approximate surface area is 223 Å². The molecule has 0 radical (unpaired) electrons. The zero-order valence-electron chi connectivity index (χ0n) is 20.9. The molecule has 10 nitrogen and oxygen atoms in total. The number of rotatable bonds is 6. The van der Waals surface area contributed by atoms with E-state index < -0.39 is 11.6 Å². The summed E-state index contributed by atoms with van der Waals surface area (Å²) in [5, 5.41) is 6.06. The van der Waals surface area contributed by atoms with Crippen LogP contribution in [0.3, 0.4) is 0 Å². The fourth-order valence-electron chi connectivity index (χ4n) is 5.35. The summed E-state index contributed by atoms with van der Waals surface area (Å²) in [7, 11) is 0. The Morgan fingerprint density at radius 2 is 1.82 bits per heavy atom. The fraction of sp³-hybridized carbons (Fsp3) is 0.480. The molecule has 1 aromatic carbocycles. The number of nitrogens with one attached hydrogen (secondary N) is 2. The third kappa shape index (κ3) is 5.35. The first-order chi connectivity index (χ1) is 18.2. The zero-order chi connectivity index (χ0) is 27.0. The standard InChI is InChI=1S/C25H29ClF2N8O2/c1-13(37)35-8-2-3-16(12-35)31-24-30-11-20-23(34-24)36(17-6-4-14(5-7-17)22(29)38)25(32-20)33-21-18(27)9-15(26)10-19(21)28/h9-11,14,16-17H,2-8,12H2,1H3,(H2,29,38)(H,32,33)(H,30,31,34)/t14?,16-,17?/m1/s1. The Balaban J connectivity index is 1.50. The second-order valence-corrected chi connectivity index (χ2v) is 10.4. The number of carbonyl (C=O) groups is 2. The second kappa shape index (κ2) is 10.7. The number of hydrogen-bond acceptors (Lipinski definition) is 7. The number of piperidine rings is 1. The molecular formula is C25H29ClF2N8O2. The molecule has 1 atom stereocenters. The van der Waals surface area contributed by atoms with Gasteiger partial charge in [0, 0.05) is 43.0 Å². The van der Waals surface area contributed by atoms with Crippen molar-refractivity contribution in [3.8, 4) is 0 Å². The molecule has 4 N–H and O–H groups in total. The number of nitrogens with zero attached hydrogens (tertiary/aromatic N) is 5. The zero-order valence-corrected chi connectivity index (χ0v) is 21.6. The molecule has 0 bridgehead atoms. The molecule has 3 heterocycles. The van der Waals surface area contributed by atoms with Crippen LogP contribution in [0, 0.1) is 17.6 Å². The van der Waals surface area contributed by atoms with Crippen LogP contribution in [0.25, 0.3) is 11.2 Å². The minimum absolute atomic E-state index is 0.0117. The summed E-state index contributed by atoms with van der Waals surface area (Å²) in [6, 6.07) is 1.90. The molecule has 2 amide bonds. The van der Waals surface area contributed by atoms with Crippen LogP contribution in [0.4, 0.5) is 26.4 Å². The summed E-state index contributed by atoms with van der Waals surface area (Å²) in [4.78, 5) is 39.0. The lowest BCUT2D eigenvalue weighted by molar-refractivity contribution is -0.129. The van der Waals surface area contributed by atoms with E-state index in [1.807, 2.05) is 4.57 Å². The highest BCUT2D eigenvalue weighted by Gasteiger charge is 2.30. The highest BCUT2D eigenvalue weighted by atomic mass is 35.5. The second-order valence-electron chi connectivity index (χ2n) is 9.93. The van der Waals surface area contributed by atoms with Crippen LogP contribution in [0.2, 0.25) is 5.02 Å². The maximum absolute atomic E-state index is 14.6. The first-order valence-electron chi connectivity index (χ1n) is 12.7. The number of hydrogen-bond donors (Lipinski definition) is 3. The smallest absolute Gasteiger partial charge is 0.225 e. The van der Waals surface area contributed by atoms with Crippen LogP contribution in [0.15, 0.2) is 18.3 Å². The number of benzene rings is 1. The first kappa shape index (κ1) is 26.1. The molecule has 0 unspecified atom stereocenters. The van der Waals surface area contributed by atoms with Crippen molar-refractivity contribution in [3.05, 3.63) is 35.0 Å². The summed E-state index contributed by atoms with van der Waals surface area (Å²) < 4.78 is 31.1. The minimum atomic E-state index is -0.855. The van der Waals surface area contributed by atoms with Gasteiger partial charge in [-0.15, -0.1) is 0 Å². The van der Waals surface area contributed by atoms with E-state index >= 15 is 0 Å². The number of halogens is 3. The average molecular weight is 547 g/mol. The van der Waals surface area contributed by atoms with Crippen molar-refractivity contribution < 1.29 is 18.4 Å². The number of nitrogens with two attached hydrogens (primary N) is 1. The first-order valence-corrected chi connectivity index (χ1v) is 13.0. The number of aromatic nitrogens is 4. The van der Waals surface area contributed by atoms with Crippen molar-refractivity contribution in [3.63, 3.8) is 0 Å². The Kier molecular flexibility index (Phi) is 7.33. The van der Waals surface area contributed by atoms with Crippen molar-refractivity contribution in [2.45, 2.75) is 57.5 Å². The van der Waals surface area contributed by atoms with E-state index in [-0.39, 0.29) is 46.5 Å². The Morgan fingerprint density at radius 3 is 2.47 bits per heavy atom. The van der Waals surface area contributed by atoms with Gasteiger partial charge in [0.25, 0.3) is 0 Å². The quantitative estimate of drug-likeness (QED) is 0.423. The van der Waals surface area contributed by atoms with Gasteiger partial charge in [-0.3, -0.25) is 14.2 Å². The lowest BCUT2D eigenvalue weighted by atomic mass is 9.85. The van der Waals surface area contributed by atoms with Gasteiger partial charge in [0.15, 0.2) is 17.3 Å². The van der Waals surface area contributed by atoms with Crippen LogP contribution >= 0.6 is 11.6 Å². The van der Waals surface area contributed by atoms with E-state index in [2.05, 4.69) is 20.6 Å². The van der Waals surface area contributed by atoms with Gasteiger partial charge in [-0.2, -0.15) is 4.98 Å². The van der Waals surface area contributed by atoms with Gasteiger partial charge < -0.3 is 21.3 Å². The van der Waals surface area contributed by atoms with Gasteiger partial charge >= 0.3 is 0 Å². The third-order valence-electron chi connectivity index (χ3n) is 7.34. The SMILES string of the molecule is CC(=O)N1CCC[C@@H](Nc2ncc3nc(Nc4c(F)cc(Cl)cc4F)n(C4CCC(C(N)=O)CC4)c3n2)C1. The van der Waals surface area contributed by atoms with E-state index in [4.69, 9.17) is 22.3 Å². The van der Waals surface area contributed by atoms with E-state index in [1.165, 1.54) is 0 Å². The molecule has 1 saturated heterocycles. The molecule has 3 aromatic rings. The van der Waals surface area contributed by atoms with Crippen LogP contribution < -0.4 is 16.4 Å². The van der Waals surface area contributed by atoms with Crippen molar-refractivity contribution >= 4 is 52.2 Å². The van der Waals surface area contributed by atoms with E-state index in [1.54, 1.807) is 18.0 Å². The molecule has 1 aliphatic carbocycles. The number of fused-ring (bicyclic) bond motifs is 1. The number of carbonyl (C=O) groups excluding carboxylic acids is 2. The summed E-state index contributed by atoms with van der Waals surface area (Å²) in [6.45, 7) is 2.83. The van der Waals surface area contributed by atoms with Crippen molar-refractivity contribution in [2.75, 3.05) is 23.7 Å². The van der Waals surface area contributed by atoms with E-state index in [9.17, 15) is 18.4 Å². The topological polar surface area (TPSA) is 131 Å². The van der Waals surface area contributed by atoms with E-state index in [0.29, 0.717) is 49.3 Å². The average Bonchev–Trinajstić information content (AvgIpc) is 3.23.